The van der Waals surface area contributed by atoms with Crippen molar-refractivity contribution in [2.45, 2.75) is 143 Å². The molecule has 0 aliphatic rings. The number of hydrogen-bond donors (Lipinski definition) is 0. The van der Waals surface area contributed by atoms with Crippen LogP contribution >= 0.6 is 0 Å². The molecule has 0 amide bonds. The Balaban J connectivity index is 0. The average Bonchev–Trinajstić information content (AvgIpc) is 2.79. The van der Waals surface area contributed by atoms with Crippen molar-refractivity contribution in [1.82, 2.24) is 0 Å². The van der Waals surface area contributed by atoms with Gasteiger partial charge in [0, 0.05) is 11.6 Å². The van der Waals surface area contributed by atoms with Crippen molar-refractivity contribution in [2.75, 3.05) is 13.2 Å². The molecule has 2 radical (unpaired) electrons. The van der Waals surface area contributed by atoms with Crippen LogP contribution in [0.15, 0.2) is 11.6 Å². The summed E-state index contributed by atoms with van der Waals surface area (Å²) in [6.45, 7) is 7.48. The van der Waals surface area contributed by atoms with E-state index in [2.05, 4.69) is 20.8 Å². The standard InChI is InChI=1S/C28H52O4.Sn.2H/c1-4-7-10-13-16-19-22-26(28(30)32-24-21-18-15-12-9-6-3)25-27(29)31-23-20-17-14-11-8-5-2;;;/h25H,4-24H2,1-3H3;;;/b26-25-;;;. The molecule has 0 aromatic rings. The summed E-state index contributed by atoms with van der Waals surface area (Å²) >= 11 is 0. The van der Waals surface area contributed by atoms with Crippen molar-refractivity contribution in [3.63, 3.8) is 0 Å². The van der Waals surface area contributed by atoms with E-state index in [-0.39, 0.29) is 29.9 Å². The molecule has 0 fully saturated rings. The van der Waals surface area contributed by atoms with Gasteiger partial charge in [-0.25, -0.2) is 9.59 Å². The molecule has 0 aromatic heterocycles. The first-order valence-electron chi connectivity index (χ1n) is 13.7. The summed E-state index contributed by atoms with van der Waals surface area (Å²) < 4.78 is 10.8. The third kappa shape index (κ3) is 24.4. The Morgan fingerprint density at radius 2 is 0.939 bits per heavy atom. The normalized spacial score (nSPS) is 11.2. The zero-order valence-electron chi connectivity index (χ0n) is 22.3. The van der Waals surface area contributed by atoms with Gasteiger partial charge < -0.3 is 9.47 Å². The molecule has 0 aliphatic carbocycles. The second-order valence-corrected chi connectivity index (χ2v) is 9.03. The van der Waals surface area contributed by atoms with Crippen molar-refractivity contribution < 1.29 is 19.1 Å². The molecule has 0 heterocycles. The van der Waals surface area contributed by atoms with E-state index in [1.165, 1.54) is 83.1 Å². The molecule has 0 unspecified atom stereocenters. The molecule has 0 rings (SSSR count). The van der Waals surface area contributed by atoms with Crippen LogP contribution in [0.4, 0.5) is 0 Å². The quantitative estimate of drug-likeness (QED) is 0.0548. The molecule has 0 bridgehead atoms. The molecular formula is C28H54O4Sn. The Kier molecular flexibility index (Phi) is 29.1. The zero-order chi connectivity index (χ0) is 23.7. The number of hydrogen-bond acceptors (Lipinski definition) is 4. The molecule has 0 N–H and O–H groups in total. The Morgan fingerprint density at radius 1 is 0.545 bits per heavy atom. The van der Waals surface area contributed by atoms with E-state index in [0.29, 0.717) is 25.2 Å². The molecule has 0 atom stereocenters. The van der Waals surface area contributed by atoms with Gasteiger partial charge in [0.2, 0.25) is 0 Å². The number of unbranched alkanes of at least 4 members (excludes halogenated alkanes) is 15. The summed E-state index contributed by atoms with van der Waals surface area (Å²) in [7, 11) is 0. The van der Waals surface area contributed by atoms with E-state index in [9.17, 15) is 9.59 Å². The fourth-order valence-electron chi connectivity index (χ4n) is 3.71. The van der Waals surface area contributed by atoms with Gasteiger partial charge in [-0.15, -0.1) is 0 Å². The number of esters is 2. The van der Waals surface area contributed by atoms with E-state index < -0.39 is 5.97 Å². The number of ether oxygens (including phenoxy) is 2. The van der Waals surface area contributed by atoms with Crippen LogP contribution in [0.1, 0.15) is 143 Å². The van der Waals surface area contributed by atoms with Crippen LogP contribution in [0, 0.1) is 0 Å². The molecule has 33 heavy (non-hydrogen) atoms. The first kappa shape index (κ1) is 34.6. The minimum atomic E-state index is -0.406. The van der Waals surface area contributed by atoms with Gasteiger partial charge in [0.15, 0.2) is 0 Å². The predicted molar refractivity (Wildman–Crippen MR) is 143 cm³/mol. The van der Waals surface area contributed by atoms with Gasteiger partial charge in [-0.3, -0.25) is 0 Å². The second-order valence-electron chi connectivity index (χ2n) is 9.03. The van der Waals surface area contributed by atoms with Crippen LogP contribution in [-0.2, 0) is 19.1 Å². The summed E-state index contributed by atoms with van der Waals surface area (Å²) in [5, 5.41) is 0. The average molecular weight is 573 g/mol. The topological polar surface area (TPSA) is 52.6 Å². The minimum absolute atomic E-state index is 0. The summed E-state index contributed by atoms with van der Waals surface area (Å²) in [6.07, 6.45) is 22.7. The van der Waals surface area contributed by atoms with Crippen molar-refractivity contribution in [2.24, 2.45) is 0 Å². The summed E-state index contributed by atoms with van der Waals surface area (Å²) in [5.41, 5.74) is 0.472. The SMILES string of the molecule is CCCCCCCCOC(=O)/C=C(/CCCCCCCC)C(=O)OCCCCCCCC.[SnH2]. The molecule has 0 aliphatic heterocycles. The fourth-order valence-corrected chi connectivity index (χ4v) is 3.71. The molecule has 0 saturated heterocycles. The van der Waals surface area contributed by atoms with Crippen LogP contribution in [0.25, 0.3) is 0 Å². The van der Waals surface area contributed by atoms with E-state index >= 15 is 0 Å². The van der Waals surface area contributed by atoms with Gasteiger partial charge in [-0.1, -0.05) is 117 Å². The summed E-state index contributed by atoms with van der Waals surface area (Å²) in [4.78, 5) is 24.8. The molecule has 0 spiro atoms. The first-order chi connectivity index (χ1) is 15.7. The van der Waals surface area contributed by atoms with Crippen molar-refractivity contribution >= 4 is 35.8 Å². The second kappa shape index (κ2) is 27.7. The van der Waals surface area contributed by atoms with E-state index in [1.807, 2.05) is 0 Å². The fraction of sp³-hybridized carbons (Fsp3) is 0.857. The predicted octanol–water partition coefficient (Wildman–Crippen LogP) is 7.55. The Morgan fingerprint density at radius 3 is 1.42 bits per heavy atom. The van der Waals surface area contributed by atoms with Crippen molar-refractivity contribution in [3.8, 4) is 0 Å². The van der Waals surface area contributed by atoms with E-state index in [1.54, 1.807) is 0 Å². The maximum atomic E-state index is 12.6. The van der Waals surface area contributed by atoms with Gasteiger partial charge in [0.25, 0.3) is 0 Å². The maximum absolute atomic E-state index is 12.6. The van der Waals surface area contributed by atoms with Crippen LogP contribution in [0.2, 0.25) is 0 Å². The van der Waals surface area contributed by atoms with Crippen LogP contribution in [0.5, 0.6) is 0 Å². The van der Waals surface area contributed by atoms with E-state index in [4.69, 9.17) is 9.47 Å². The van der Waals surface area contributed by atoms with Crippen molar-refractivity contribution in [3.05, 3.63) is 11.6 Å². The van der Waals surface area contributed by atoms with Gasteiger partial charge in [0.05, 0.1) is 13.2 Å². The monoisotopic (exact) mass is 574 g/mol. The number of carbonyl (C=O) groups excluding carboxylic acids is 2. The molecule has 5 heteroatoms. The molecule has 0 aromatic carbocycles. The Labute approximate surface area is 222 Å². The number of rotatable bonds is 23. The Hall–Kier alpha value is -0.521. The molecule has 4 nitrogen and oxygen atoms in total. The summed E-state index contributed by atoms with van der Waals surface area (Å²) in [5.74, 6) is -0.750. The third-order valence-corrected chi connectivity index (χ3v) is 5.83. The van der Waals surface area contributed by atoms with Gasteiger partial charge >= 0.3 is 35.8 Å². The van der Waals surface area contributed by atoms with Gasteiger partial charge in [-0.05, 0) is 25.7 Å². The van der Waals surface area contributed by atoms with E-state index in [0.717, 1.165) is 38.5 Å². The molecule has 194 valence electrons. The summed E-state index contributed by atoms with van der Waals surface area (Å²) in [6, 6.07) is 0. The molecular weight excluding hydrogens is 519 g/mol. The first-order valence-corrected chi connectivity index (χ1v) is 13.7. The number of carbonyl (C=O) groups is 2. The van der Waals surface area contributed by atoms with Crippen LogP contribution in [-0.4, -0.2) is 49.1 Å². The van der Waals surface area contributed by atoms with Crippen LogP contribution < -0.4 is 0 Å². The van der Waals surface area contributed by atoms with Gasteiger partial charge in [0.1, 0.15) is 0 Å². The Bertz CT molecular complexity index is 477. The van der Waals surface area contributed by atoms with Crippen LogP contribution in [0.3, 0.4) is 0 Å². The zero-order valence-corrected chi connectivity index (χ0v) is 26.3. The van der Waals surface area contributed by atoms with Crippen molar-refractivity contribution in [1.29, 1.82) is 0 Å². The molecule has 0 saturated carbocycles. The third-order valence-electron chi connectivity index (χ3n) is 5.83. The van der Waals surface area contributed by atoms with Gasteiger partial charge in [-0.2, -0.15) is 0 Å².